The zero-order chi connectivity index (χ0) is 16.2. The number of ether oxygens (including phenoxy) is 2. The van der Waals surface area contributed by atoms with Gasteiger partial charge in [0.25, 0.3) is 5.56 Å². The molecule has 6 nitrogen and oxygen atoms in total. The van der Waals surface area contributed by atoms with Crippen molar-refractivity contribution in [3.05, 3.63) is 34.2 Å². The number of piperidine rings is 1. The summed E-state index contributed by atoms with van der Waals surface area (Å²) in [4.78, 5) is 14.3. The van der Waals surface area contributed by atoms with Gasteiger partial charge >= 0.3 is 0 Å². The predicted octanol–water partition coefficient (Wildman–Crippen LogP) is 0.291. The van der Waals surface area contributed by atoms with E-state index in [1.54, 1.807) is 13.2 Å². The molecule has 128 valence electrons. The molecule has 0 radical (unpaired) electrons. The third-order valence-electron chi connectivity index (χ3n) is 4.77. The summed E-state index contributed by atoms with van der Waals surface area (Å²) in [5.74, 6) is 0.876. The highest BCUT2D eigenvalue weighted by molar-refractivity contribution is 5.16. The molecule has 1 aromatic rings. The molecule has 3 rings (SSSR count). The van der Waals surface area contributed by atoms with Crippen LogP contribution in [0.5, 0.6) is 0 Å². The summed E-state index contributed by atoms with van der Waals surface area (Å²) in [6, 6.07) is 5.56. The highest BCUT2D eigenvalue weighted by Gasteiger charge is 2.34. The van der Waals surface area contributed by atoms with Gasteiger partial charge < -0.3 is 19.1 Å². The third-order valence-corrected chi connectivity index (χ3v) is 4.77. The summed E-state index contributed by atoms with van der Waals surface area (Å²) in [7, 11) is 1.63. The van der Waals surface area contributed by atoms with Gasteiger partial charge in [-0.1, -0.05) is 6.07 Å². The molecule has 1 N–H and O–H groups in total. The van der Waals surface area contributed by atoms with Crippen LogP contribution in [0.25, 0.3) is 0 Å². The molecular formula is C17H26N2O4. The second-order valence-corrected chi connectivity index (χ2v) is 6.64. The van der Waals surface area contributed by atoms with Gasteiger partial charge in [-0.3, -0.25) is 9.69 Å². The summed E-state index contributed by atoms with van der Waals surface area (Å²) in [5.41, 5.74) is 1.25. The minimum atomic E-state index is -0.483. The molecule has 1 saturated heterocycles. The summed E-state index contributed by atoms with van der Waals surface area (Å²) < 4.78 is 12.2. The van der Waals surface area contributed by atoms with Crippen molar-refractivity contribution < 1.29 is 14.6 Å². The van der Waals surface area contributed by atoms with E-state index in [4.69, 9.17) is 9.47 Å². The first-order chi connectivity index (χ1) is 11.2. The fraction of sp³-hybridized carbons (Fsp3) is 0.706. The van der Waals surface area contributed by atoms with Crippen LogP contribution >= 0.6 is 0 Å². The number of rotatable bonds is 7. The van der Waals surface area contributed by atoms with Gasteiger partial charge in [0.2, 0.25) is 0 Å². The zero-order valence-corrected chi connectivity index (χ0v) is 13.7. The molecule has 0 amide bonds. The van der Waals surface area contributed by atoms with Crippen LogP contribution in [0, 0.1) is 5.92 Å². The number of hydrogen-bond acceptors (Lipinski definition) is 5. The molecule has 6 heteroatoms. The van der Waals surface area contributed by atoms with Crippen LogP contribution in [-0.2, 0) is 16.0 Å². The van der Waals surface area contributed by atoms with Crippen LogP contribution in [0.2, 0.25) is 0 Å². The molecule has 0 aromatic carbocycles. The van der Waals surface area contributed by atoms with Crippen LogP contribution in [0.3, 0.4) is 0 Å². The number of likely N-dealkylation sites (tertiary alicyclic amines) is 1. The van der Waals surface area contributed by atoms with Gasteiger partial charge in [-0.05, 0) is 18.4 Å². The Morgan fingerprint density at radius 3 is 3.00 bits per heavy atom. The minimum absolute atomic E-state index is 0.109. The average molecular weight is 322 g/mol. The lowest BCUT2D eigenvalue weighted by atomic mass is 9.83. The van der Waals surface area contributed by atoms with E-state index in [2.05, 4.69) is 11.0 Å². The van der Waals surface area contributed by atoms with Gasteiger partial charge in [0.1, 0.15) is 0 Å². The Kier molecular flexibility index (Phi) is 5.48. The molecule has 1 aromatic heterocycles. The minimum Gasteiger partial charge on any atom is -0.389 e. The first-order valence-corrected chi connectivity index (χ1v) is 8.34. The molecule has 2 aliphatic heterocycles. The Morgan fingerprint density at radius 2 is 2.17 bits per heavy atom. The highest BCUT2D eigenvalue weighted by atomic mass is 16.5. The van der Waals surface area contributed by atoms with Crippen molar-refractivity contribution in [2.45, 2.75) is 25.0 Å². The Balaban J connectivity index is 1.56. The Hall–Kier alpha value is -1.21. The maximum absolute atomic E-state index is 12.0. The van der Waals surface area contributed by atoms with Gasteiger partial charge in [-0.25, -0.2) is 0 Å². The number of aliphatic hydroxyl groups is 1. The second kappa shape index (κ2) is 7.57. The summed E-state index contributed by atoms with van der Waals surface area (Å²) >= 11 is 0. The van der Waals surface area contributed by atoms with Crippen LogP contribution in [0.15, 0.2) is 23.0 Å². The van der Waals surface area contributed by atoms with E-state index in [1.165, 1.54) is 0 Å². The van der Waals surface area contributed by atoms with Crippen LogP contribution in [0.4, 0.5) is 0 Å². The molecule has 23 heavy (non-hydrogen) atoms. The predicted molar refractivity (Wildman–Crippen MR) is 86.7 cm³/mol. The Morgan fingerprint density at radius 1 is 1.30 bits per heavy atom. The number of nitrogens with zero attached hydrogens (tertiary/aromatic N) is 2. The van der Waals surface area contributed by atoms with Crippen LogP contribution in [0.1, 0.15) is 18.0 Å². The SMILES string of the molecule is COCCOCC(O)CN1CC2C[C@@H](C1)Cn1c2cccc1=O. The number of fused-ring (bicyclic) bond motifs is 4. The number of aliphatic hydroxyl groups excluding tert-OH is 1. The molecule has 2 bridgehead atoms. The summed E-state index contributed by atoms with van der Waals surface area (Å²) in [5, 5.41) is 10.1. The van der Waals surface area contributed by atoms with E-state index in [9.17, 15) is 9.90 Å². The fourth-order valence-corrected chi connectivity index (χ4v) is 3.86. The second-order valence-electron chi connectivity index (χ2n) is 6.64. The lowest BCUT2D eigenvalue weighted by Crippen LogP contribution is -2.49. The lowest BCUT2D eigenvalue weighted by molar-refractivity contribution is -0.00995. The van der Waals surface area contributed by atoms with Gasteiger partial charge in [0, 0.05) is 51.0 Å². The lowest BCUT2D eigenvalue weighted by Gasteiger charge is -2.43. The quantitative estimate of drug-likeness (QED) is 0.731. The van der Waals surface area contributed by atoms with E-state index < -0.39 is 6.10 Å². The van der Waals surface area contributed by atoms with Crippen molar-refractivity contribution in [1.29, 1.82) is 0 Å². The monoisotopic (exact) mass is 322 g/mol. The number of β-amino-alcohol motifs (C(OH)–C–C–N with tert-alkyl or cyclic N) is 1. The molecule has 2 aliphatic rings. The number of hydrogen-bond donors (Lipinski definition) is 1. The van der Waals surface area contributed by atoms with Crippen molar-refractivity contribution in [1.82, 2.24) is 9.47 Å². The van der Waals surface area contributed by atoms with Crippen LogP contribution < -0.4 is 5.56 Å². The normalized spacial score (nSPS) is 25.1. The van der Waals surface area contributed by atoms with Crippen molar-refractivity contribution in [2.75, 3.05) is 46.6 Å². The fourth-order valence-electron chi connectivity index (χ4n) is 3.86. The summed E-state index contributed by atoms with van der Waals surface area (Å²) in [6.07, 6.45) is 0.657. The maximum atomic E-state index is 12.0. The zero-order valence-electron chi connectivity index (χ0n) is 13.7. The van der Waals surface area contributed by atoms with Gasteiger partial charge in [-0.2, -0.15) is 0 Å². The molecule has 0 saturated carbocycles. The van der Waals surface area contributed by atoms with Gasteiger partial charge in [-0.15, -0.1) is 0 Å². The van der Waals surface area contributed by atoms with Gasteiger partial charge in [0.05, 0.1) is 25.9 Å². The molecule has 2 unspecified atom stereocenters. The van der Waals surface area contributed by atoms with E-state index in [0.29, 0.717) is 38.2 Å². The molecule has 0 aliphatic carbocycles. The first-order valence-electron chi connectivity index (χ1n) is 8.34. The maximum Gasteiger partial charge on any atom is 0.250 e. The summed E-state index contributed by atoms with van der Waals surface area (Å²) in [6.45, 7) is 4.65. The topological polar surface area (TPSA) is 63.9 Å². The van der Waals surface area contributed by atoms with E-state index in [-0.39, 0.29) is 5.56 Å². The largest absolute Gasteiger partial charge is 0.389 e. The van der Waals surface area contributed by atoms with E-state index in [0.717, 1.165) is 31.7 Å². The molecule has 3 heterocycles. The average Bonchev–Trinajstić information content (AvgIpc) is 2.53. The molecular weight excluding hydrogens is 296 g/mol. The molecule has 3 atom stereocenters. The Bertz CT molecular complexity index is 574. The standard InChI is InChI=1S/C17H26N2O4/c1-22-5-6-23-12-15(20)11-18-8-13-7-14(10-18)16-3-2-4-17(21)19(16)9-13/h2-4,13-15,20H,5-12H2,1H3/t13-,14?,15?/m0/s1. The van der Waals surface area contributed by atoms with Crippen molar-refractivity contribution in [2.24, 2.45) is 5.92 Å². The Labute approximate surface area is 136 Å². The molecule has 1 fully saturated rings. The van der Waals surface area contributed by atoms with Crippen molar-refractivity contribution >= 4 is 0 Å². The van der Waals surface area contributed by atoms with Crippen LogP contribution in [-0.4, -0.2) is 67.2 Å². The van der Waals surface area contributed by atoms with Crippen molar-refractivity contribution in [3.8, 4) is 0 Å². The third kappa shape index (κ3) is 4.01. The van der Waals surface area contributed by atoms with Gasteiger partial charge in [0.15, 0.2) is 0 Å². The highest BCUT2D eigenvalue weighted by Crippen LogP contribution is 2.34. The first kappa shape index (κ1) is 16.6. The smallest absolute Gasteiger partial charge is 0.250 e. The number of pyridine rings is 1. The van der Waals surface area contributed by atoms with E-state index in [1.807, 2.05) is 10.6 Å². The number of aromatic nitrogens is 1. The van der Waals surface area contributed by atoms with E-state index >= 15 is 0 Å². The van der Waals surface area contributed by atoms with Crippen molar-refractivity contribution in [3.63, 3.8) is 0 Å². The molecule has 0 spiro atoms. The number of methoxy groups -OCH3 is 1.